The van der Waals surface area contributed by atoms with Crippen LogP contribution in [0.15, 0.2) is 63.8 Å². The molecule has 4 rings (SSSR count). The highest BCUT2D eigenvalue weighted by Gasteiger charge is 2.20. The van der Waals surface area contributed by atoms with E-state index in [4.69, 9.17) is 9.15 Å². The van der Waals surface area contributed by atoms with Gasteiger partial charge in [-0.05, 0) is 42.7 Å². The Labute approximate surface area is 182 Å². The third-order valence-corrected chi connectivity index (χ3v) is 5.70. The molecule has 2 aromatic carbocycles. The first-order valence-electron chi connectivity index (χ1n) is 10.8. The second-order valence-electron chi connectivity index (χ2n) is 8.00. The average Bonchev–Trinajstić information content (AvgIpc) is 2.78. The predicted molar refractivity (Wildman–Crippen MR) is 120 cm³/mol. The smallest absolute Gasteiger partial charge is 0.336 e. The lowest BCUT2D eigenvalue weighted by molar-refractivity contribution is -0.133. The maximum absolute atomic E-state index is 12.5. The van der Waals surface area contributed by atoms with Crippen molar-refractivity contribution in [1.29, 1.82) is 0 Å². The lowest BCUT2D eigenvalue weighted by Gasteiger charge is -2.34. The van der Waals surface area contributed by atoms with Crippen LogP contribution in [0.2, 0.25) is 0 Å². The van der Waals surface area contributed by atoms with E-state index >= 15 is 0 Å². The van der Waals surface area contributed by atoms with Gasteiger partial charge in [-0.3, -0.25) is 9.69 Å². The Morgan fingerprint density at radius 1 is 1.03 bits per heavy atom. The molecule has 1 aliphatic rings. The number of rotatable bonds is 7. The van der Waals surface area contributed by atoms with E-state index in [-0.39, 0.29) is 11.5 Å². The summed E-state index contributed by atoms with van der Waals surface area (Å²) in [5.74, 6) is 0.908. The maximum Gasteiger partial charge on any atom is 0.336 e. The molecule has 0 N–H and O–H groups in total. The van der Waals surface area contributed by atoms with Crippen molar-refractivity contribution in [3.05, 3.63) is 76.1 Å². The highest BCUT2D eigenvalue weighted by Crippen LogP contribution is 2.22. The summed E-state index contributed by atoms with van der Waals surface area (Å²) in [6.45, 7) is 6.66. The van der Waals surface area contributed by atoms with Gasteiger partial charge in [0.05, 0.1) is 6.61 Å². The van der Waals surface area contributed by atoms with E-state index in [9.17, 15) is 9.59 Å². The molecule has 31 heavy (non-hydrogen) atoms. The number of hydrogen-bond acceptors (Lipinski definition) is 5. The third-order valence-electron chi connectivity index (χ3n) is 5.70. The third kappa shape index (κ3) is 5.52. The van der Waals surface area contributed by atoms with E-state index in [0.717, 1.165) is 43.7 Å². The Balaban J connectivity index is 1.19. The molecule has 0 spiro atoms. The van der Waals surface area contributed by atoms with Gasteiger partial charge in [-0.25, -0.2) is 4.79 Å². The summed E-state index contributed by atoms with van der Waals surface area (Å²) in [5.41, 5.74) is 2.38. The maximum atomic E-state index is 12.5. The molecule has 0 bridgehead atoms. The standard InChI is InChI=1S/C25H28N2O4/c1-19-16-25(29)31-23-10-9-21(17-22(19)23)30-15-5-8-24(28)27-13-11-26(12-14-27)18-20-6-3-2-4-7-20/h2-4,6-7,9-10,16-17H,5,8,11-15,18H2,1H3. The fraction of sp³-hybridized carbons (Fsp3) is 0.360. The Kier molecular flexibility index (Phi) is 6.67. The van der Waals surface area contributed by atoms with Crippen molar-refractivity contribution < 1.29 is 13.9 Å². The zero-order valence-electron chi connectivity index (χ0n) is 17.9. The van der Waals surface area contributed by atoms with E-state index in [2.05, 4.69) is 29.2 Å². The van der Waals surface area contributed by atoms with Crippen LogP contribution >= 0.6 is 0 Å². The predicted octanol–water partition coefficient (Wildman–Crippen LogP) is 3.60. The lowest BCUT2D eigenvalue weighted by atomic mass is 10.1. The molecule has 1 amide bonds. The molecular weight excluding hydrogens is 392 g/mol. The number of aryl methyl sites for hydroxylation is 1. The van der Waals surface area contributed by atoms with E-state index in [1.165, 1.54) is 11.6 Å². The number of ether oxygens (including phenoxy) is 1. The van der Waals surface area contributed by atoms with Crippen molar-refractivity contribution in [2.75, 3.05) is 32.8 Å². The molecule has 6 heteroatoms. The van der Waals surface area contributed by atoms with Gasteiger partial charge in [0, 0.05) is 50.6 Å². The van der Waals surface area contributed by atoms with Crippen molar-refractivity contribution in [2.45, 2.75) is 26.3 Å². The van der Waals surface area contributed by atoms with E-state index in [0.29, 0.717) is 30.8 Å². The molecule has 2 heterocycles. The van der Waals surface area contributed by atoms with Crippen LogP contribution in [0.5, 0.6) is 5.75 Å². The van der Waals surface area contributed by atoms with Crippen LogP contribution in [-0.2, 0) is 11.3 Å². The van der Waals surface area contributed by atoms with Gasteiger partial charge >= 0.3 is 5.63 Å². The van der Waals surface area contributed by atoms with Gasteiger partial charge < -0.3 is 14.1 Å². The number of piperazine rings is 1. The average molecular weight is 421 g/mol. The van der Waals surface area contributed by atoms with Gasteiger partial charge in [0.1, 0.15) is 11.3 Å². The Morgan fingerprint density at radius 2 is 1.81 bits per heavy atom. The second-order valence-corrected chi connectivity index (χ2v) is 8.00. The molecule has 162 valence electrons. The fourth-order valence-electron chi connectivity index (χ4n) is 3.96. The molecule has 6 nitrogen and oxygen atoms in total. The van der Waals surface area contributed by atoms with E-state index in [1.807, 2.05) is 24.0 Å². The van der Waals surface area contributed by atoms with Crippen LogP contribution in [0, 0.1) is 6.92 Å². The Bertz CT molecular complexity index is 1090. The van der Waals surface area contributed by atoms with Crippen molar-refractivity contribution >= 4 is 16.9 Å². The van der Waals surface area contributed by atoms with Gasteiger partial charge in [-0.2, -0.15) is 0 Å². The van der Waals surface area contributed by atoms with Gasteiger partial charge in [0.25, 0.3) is 0 Å². The Hall–Kier alpha value is -3.12. The summed E-state index contributed by atoms with van der Waals surface area (Å²) < 4.78 is 11.0. The normalized spacial score (nSPS) is 14.7. The first-order chi connectivity index (χ1) is 15.1. The molecule has 1 saturated heterocycles. The number of fused-ring (bicyclic) bond motifs is 1. The lowest BCUT2D eigenvalue weighted by Crippen LogP contribution is -2.48. The van der Waals surface area contributed by atoms with Crippen molar-refractivity contribution in [3.63, 3.8) is 0 Å². The van der Waals surface area contributed by atoms with Crippen LogP contribution in [0.3, 0.4) is 0 Å². The van der Waals surface area contributed by atoms with Gasteiger partial charge in [-0.15, -0.1) is 0 Å². The van der Waals surface area contributed by atoms with Crippen LogP contribution in [0.4, 0.5) is 0 Å². The summed E-state index contributed by atoms with van der Waals surface area (Å²) >= 11 is 0. The van der Waals surface area contributed by atoms with Crippen molar-refractivity contribution in [3.8, 4) is 5.75 Å². The first kappa shape index (κ1) is 21.1. The zero-order chi connectivity index (χ0) is 21.6. The molecule has 0 atom stereocenters. The molecule has 0 unspecified atom stereocenters. The molecule has 0 saturated carbocycles. The minimum Gasteiger partial charge on any atom is -0.494 e. The molecule has 1 aliphatic heterocycles. The minimum atomic E-state index is -0.349. The zero-order valence-corrected chi connectivity index (χ0v) is 17.9. The number of hydrogen-bond donors (Lipinski definition) is 0. The molecule has 1 fully saturated rings. The molecular formula is C25H28N2O4. The molecule has 1 aromatic heterocycles. The van der Waals surface area contributed by atoms with Crippen molar-refractivity contribution in [2.24, 2.45) is 0 Å². The van der Waals surface area contributed by atoms with Crippen molar-refractivity contribution in [1.82, 2.24) is 9.80 Å². The summed E-state index contributed by atoms with van der Waals surface area (Å²) in [6.07, 6.45) is 1.16. The number of carbonyl (C=O) groups is 1. The highest BCUT2D eigenvalue weighted by molar-refractivity contribution is 5.81. The number of benzene rings is 2. The van der Waals surface area contributed by atoms with Gasteiger partial charge in [0.15, 0.2) is 0 Å². The summed E-state index contributed by atoms with van der Waals surface area (Å²) in [7, 11) is 0. The van der Waals surface area contributed by atoms with Crippen LogP contribution in [0.25, 0.3) is 11.0 Å². The number of amides is 1. The fourth-order valence-corrected chi connectivity index (χ4v) is 3.96. The second kappa shape index (κ2) is 9.79. The number of carbonyl (C=O) groups excluding carboxylic acids is 1. The molecule has 0 aliphatic carbocycles. The summed E-state index contributed by atoms with van der Waals surface area (Å²) in [6, 6.07) is 17.3. The molecule has 3 aromatic rings. The largest absolute Gasteiger partial charge is 0.494 e. The first-order valence-corrected chi connectivity index (χ1v) is 10.8. The van der Waals surface area contributed by atoms with Crippen LogP contribution in [-0.4, -0.2) is 48.5 Å². The van der Waals surface area contributed by atoms with E-state index < -0.39 is 0 Å². The monoisotopic (exact) mass is 420 g/mol. The quantitative estimate of drug-likeness (QED) is 0.432. The van der Waals surface area contributed by atoms with Gasteiger partial charge in [-0.1, -0.05) is 30.3 Å². The minimum absolute atomic E-state index is 0.194. The highest BCUT2D eigenvalue weighted by atomic mass is 16.5. The van der Waals surface area contributed by atoms with Crippen LogP contribution < -0.4 is 10.4 Å². The summed E-state index contributed by atoms with van der Waals surface area (Å²) in [4.78, 5) is 28.3. The Morgan fingerprint density at radius 3 is 2.58 bits per heavy atom. The number of nitrogens with zero attached hydrogens (tertiary/aromatic N) is 2. The van der Waals surface area contributed by atoms with E-state index in [1.54, 1.807) is 12.1 Å². The SMILES string of the molecule is Cc1cc(=O)oc2ccc(OCCCC(=O)N3CCN(Cc4ccccc4)CC3)cc12. The van der Waals surface area contributed by atoms with Crippen LogP contribution in [0.1, 0.15) is 24.0 Å². The summed E-state index contributed by atoms with van der Waals surface area (Å²) in [5, 5.41) is 0.863. The van der Waals surface area contributed by atoms with Gasteiger partial charge in [0.2, 0.25) is 5.91 Å². The topological polar surface area (TPSA) is 63.0 Å². The molecule has 0 radical (unpaired) electrons.